The van der Waals surface area contributed by atoms with Crippen molar-refractivity contribution in [2.45, 2.75) is 141 Å². The van der Waals surface area contributed by atoms with Crippen molar-refractivity contribution in [3.05, 3.63) is 0 Å². The van der Waals surface area contributed by atoms with Gasteiger partial charge in [0.2, 0.25) is 0 Å². The molecule has 0 aliphatic rings. The van der Waals surface area contributed by atoms with Gasteiger partial charge in [-0.05, 0) is 32.1 Å². The van der Waals surface area contributed by atoms with Crippen LogP contribution in [0.5, 0.6) is 0 Å². The quantitative estimate of drug-likeness (QED) is 0.0988. The minimum atomic E-state index is -1.11. The smallest absolute Gasteiger partial charge is 0.450 e. The molecular weight excluding hydrogens is 416 g/mol. The SMILES string of the molecule is CCCCCCCCC(CCCCCCCCCCCCCCBr)OC(=O)O. The van der Waals surface area contributed by atoms with Crippen LogP contribution in [0.1, 0.15) is 135 Å². The normalized spacial score (nSPS) is 12.2. The third-order valence-corrected chi connectivity index (χ3v) is 6.12. The molecule has 0 saturated carbocycles. The van der Waals surface area contributed by atoms with Crippen molar-refractivity contribution in [3.63, 3.8) is 0 Å². The van der Waals surface area contributed by atoms with Crippen molar-refractivity contribution in [2.24, 2.45) is 0 Å². The Kier molecular flexibility index (Phi) is 22.8. The number of ether oxygens (including phenoxy) is 1. The number of rotatable bonds is 22. The van der Waals surface area contributed by atoms with Gasteiger partial charge in [0.25, 0.3) is 0 Å². The molecule has 0 radical (unpaired) electrons. The highest BCUT2D eigenvalue weighted by molar-refractivity contribution is 9.09. The summed E-state index contributed by atoms with van der Waals surface area (Å²) in [5.74, 6) is 0. The molecule has 168 valence electrons. The van der Waals surface area contributed by atoms with E-state index in [9.17, 15) is 4.79 Å². The molecule has 1 unspecified atom stereocenters. The average Bonchev–Trinajstić information content (AvgIpc) is 2.67. The van der Waals surface area contributed by atoms with E-state index in [-0.39, 0.29) is 6.10 Å². The zero-order chi connectivity index (χ0) is 20.7. The minimum absolute atomic E-state index is 0.0896. The van der Waals surface area contributed by atoms with E-state index in [1.807, 2.05) is 0 Å². The number of carboxylic acid groups (broad SMARTS) is 1. The van der Waals surface area contributed by atoms with Gasteiger partial charge in [-0.3, -0.25) is 0 Å². The first-order chi connectivity index (χ1) is 13.7. The van der Waals surface area contributed by atoms with Gasteiger partial charge in [-0.15, -0.1) is 0 Å². The Bertz CT molecular complexity index is 323. The van der Waals surface area contributed by atoms with E-state index in [1.165, 1.54) is 103 Å². The highest BCUT2D eigenvalue weighted by atomic mass is 79.9. The lowest BCUT2D eigenvalue weighted by Crippen LogP contribution is -2.16. The second kappa shape index (κ2) is 23.0. The van der Waals surface area contributed by atoms with Crippen LogP contribution in [0.25, 0.3) is 0 Å². The van der Waals surface area contributed by atoms with Gasteiger partial charge in [0.1, 0.15) is 6.10 Å². The molecule has 0 aromatic rings. The van der Waals surface area contributed by atoms with Gasteiger partial charge in [-0.2, -0.15) is 0 Å². The van der Waals surface area contributed by atoms with Gasteiger partial charge < -0.3 is 9.84 Å². The fraction of sp³-hybridized carbons (Fsp3) is 0.958. The zero-order valence-electron chi connectivity index (χ0n) is 18.6. The maximum absolute atomic E-state index is 10.9. The van der Waals surface area contributed by atoms with E-state index >= 15 is 0 Å². The van der Waals surface area contributed by atoms with Gasteiger partial charge in [0.15, 0.2) is 0 Å². The number of carbonyl (C=O) groups is 1. The van der Waals surface area contributed by atoms with E-state index in [0.29, 0.717) is 0 Å². The molecular formula is C24H47BrO3. The molecule has 0 aromatic carbocycles. The van der Waals surface area contributed by atoms with Gasteiger partial charge in [-0.1, -0.05) is 119 Å². The Morgan fingerprint density at radius 3 is 1.39 bits per heavy atom. The van der Waals surface area contributed by atoms with Crippen LogP contribution in [-0.4, -0.2) is 22.7 Å². The molecule has 4 heteroatoms. The van der Waals surface area contributed by atoms with Gasteiger partial charge in [0.05, 0.1) is 0 Å². The number of hydrogen-bond acceptors (Lipinski definition) is 2. The third kappa shape index (κ3) is 22.0. The summed E-state index contributed by atoms with van der Waals surface area (Å²) in [7, 11) is 0. The predicted octanol–water partition coefficient (Wildman–Crippen LogP) is 9.27. The Balaban J connectivity index is 3.49. The fourth-order valence-corrected chi connectivity index (χ4v) is 4.19. The molecule has 0 rings (SSSR count). The summed E-state index contributed by atoms with van der Waals surface area (Å²) in [5, 5.41) is 10.1. The molecule has 1 N–H and O–H groups in total. The van der Waals surface area contributed by atoms with Gasteiger partial charge in [0, 0.05) is 5.33 Å². The van der Waals surface area contributed by atoms with Crippen molar-refractivity contribution >= 4 is 22.1 Å². The van der Waals surface area contributed by atoms with Crippen LogP contribution in [-0.2, 0) is 4.74 Å². The van der Waals surface area contributed by atoms with Crippen molar-refractivity contribution in [1.82, 2.24) is 0 Å². The Labute approximate surface area is 183 Å². The molecule has 0 amide bonds. The molecule has 28 heavy (non-hydrogen) atoms. The van der Waals surface area contributed by atoms with Crippen LogP contribution >= 0.6 is 15.9 Å². The number of hydrogen-bond donors (Lipinski definition) is 1. The molecule has 0 spiro atoms. The minimum Gasteiger partial charge on any atom is -0.450 e. The van der Waals surface area contributed by atoms with Gasteiger partial charge in [-0.25, -0.2) is 4.79 Å². The third-order valence-electron chi connectivity index (χ3n) is 5.56. The van der Waals surface area contributed by atoms with E-state index < -0.39 is 6.16 Å². The second-order valence-corrected chi connectivity index (χ2v) is 9.08. The maximum Gasteiger partial charge on any atom is 0.506 e. The highest BCUT2D eigenvalue weighted by Gasteiger charge is 2.13. The fourth-order valence-electron chi connectivity index (χ4n) is 3.79. The predicted molar refractivity (Wildman–Crippen MR) is 125 cm³/mol. The van der Waals surface area contributed by atoms with E-state index in [4.69, 9.17) is 9.84 Å². The molecule has 0 aliphatic carbocycles. The number of halogens is 1. The first-order valence-electron chi connectivity index (χ1n) is 12.2. The van der Waals surface area contributed by atoms with Crippen LogP contribution in [0.3, 0.4) is 0 Å². The van der Waals surface area contributed by atoms with Crippen molar-refractivity contribution in [3.8, 4) is 0 Å². The van der Waals surface area contributed by atoms with Crippen molar-refractivity contribution < 1.29 is 14.6 Å². The first kappa shape index (κ1) is 27.8. The maximum atomic E-state index is 10.9. The van der Waals surface area contributed by atoms with E-state index in [0.717, 1.165) is 31.0 Å². The van der Waals surface area contributed by atoms with Crippen LogP contribution in [0.2, 0.25) is 0 Å². The number of unbranched alkanes of at least 4 members (excludes halogenated alkanes) is 16. The van der Waals surface area contributed by atoms with Crippen LogP contribution in [0, 0.1) is 0 Å². The summed E-state index contributed by atoms with van der Waals surface area (Å²) in [5.41, 5.74) is 0. The zero-order valence-corrected chi connectivity index (χ0v) is 20.2. The summed E-state index contributed by atoms with van der Waals surface area (Å²) in [6.07, 6.45) is 24.0. The second-order valence-electron chi connectivity index (χ2n) is 8.28. The average molecular weight is 464 g/mol. The molecule has 0 aromatic heterocycles. The van der Waals surface area contributed by atoms with Crippen LogP contribution < -0.4 is 0 Å². The summed E-state index contributed by atoms with van der Waals surface area (Å²) in [6, 6.07) is 0. The van der Waals surface area contributed by atoms with Crippen LogP contribution in [0.4, 0.5) is 4.79 Å². The summed E-state index contributed by atoms with van der Waals surface area (Å²) in [6.45, 7) is 2.23. The lowest BCUT2D eigenvalue weighted by Gasteiger charge is -2.15. The summed E-state index contributed by atoms with van der Waals surface area (Å²) >= 11 is 3.48. The lowest BCUT2D eigenvalue weighted by molar-refractivity contribution is 0.0422. The largest absolute Gasteiger partial charge is 0.506 e. The summed E-state index contributed by atoms with van der Waals surface area (Å²) in [4.78, 5) is 10.9. The molecule has 0 heterocycles. The topological polar surface area (TPSA) is 46.5 Å². The Morgan fingerprint density at radius 2 is 1.04 bits per heavy atom. The molecule has 0 fully saturated rings. The Morgan fingerprint density at radius 1 is 0.679 bits per heavy atom. The van der Waals surface area contributed by atoms with Crippen molar-refractivity contribution in [2.75, 3.05) is 5.33 Å². The lowest BCUT2D eigenvalue weighted by atomic mass is 10.0. The Hall–Kier alpha value is -0.250. The van der Waals surface area contributed by atoms with E-state index in [1.54, 1.807) is 0 Å². The molecule has 0 bridgehead atoms. The molecule has 1 atom stereocenters. The highest BCUT2D eigenvalue weighted by Crippen LogP contribution is 2.17. The number of alkyl halides is 1. The monoisotopic (exact) mass is 462 g/mol. The molecule has 0 saturated heterocycles. The van der Waals surface area contributed by atoms with Crippen LogP contribution in [0.15, 0.2) is 0 Å². The molecule has 3 nitrogen and oxygen atoms in total. The standard InChI is InChI=1S/C24H47BrO3/c1-2-3-4-5-14-17-20-23(28-24(26)27)21-18-15-12-10-8-6-7-9-11-13-16-19-22-25/h23H,2-22H2,1H3,(H,26,27). The van der Waals surface area contributed by atoms with E-state index in [2.05, 4.69) is 22.9 Å². The first-order valence-corrected chi connectivity index (χ1v) is 13.3. The van der Waals surface area contributed by atoms with Crippen molar-refractivity contribution in [1.29, 1.82) is 0 Å². The molecule has 0 aliphatic heterocycles. The van der Waals surface area contributed by atoms with Gasteiger partial charge >= 0.3 is 6.16 Å². The summed E-state index contributed by atoms with van der Waals surface area (Å²) < 4.78 is 5.10.